The van der Waals surface area contributed by atoms with Crippen LogP contribution in [0.25, 0.3) is 0 Å². The van der Waals surface area contributed by atoms with E-state index in [4.69, 9.17) is 4.74 Å². The molecular weight excluding hydrogens is 357 g/mol. The Morgan fingerprint density at radius 1 is 1.18 bits per heavy atom. The van der Waals surface area contributed by atoms with Crippen molar-refractivity contribution in [2.45, 2.75) is 37.4 Å². The molecule has 1 aliphatic carbocycles. The predicted octanol–water partition coefficient (Wildman–Crippen LogP) is 3.75. The average Bonchev–Trinajstić information content (AvgIpc) is 3.29. The minimum Gasteiger partial charge on any atom is -0.481 e. The minimum absolute atomic E-state index is 0.0322. The zero-order valence-corrected chi connectivity index (χ0v) is 15.7. The highest BCUT2D eigenvalue weighted by Crippen LogP contribution is 2.49. The SMILES string of the molecule is O=C(O)C1CCN(C[C@@H]2C[C@@H]3c4ccccc4Cc4ccc(F)cc4[C@@H]3O2)C1. The zero-order valence-electron chi connectivity index (χ0n) is 15.7. The van der Waals surface area contributed by atoms with Gasteiger partial charge in [-0.25, -0.2) is 4.39 Å². The normalized spacial score (nSPS) is 29.0. The summed E-state index contributed by atoms with van der Waals surface area (Å²) >= 11 is 0. The van der Waals surface area contributed by atoms with Crippen LogP contribution in [0.1, 0.15) is 47.1 Å². The van der Waals surface area contributed by atoms with Crippen LogP contribution in [0.2, 0.25) is 0 Å². The summed E-state index contributed by atoms with van der Waals surface area (Å²) < 4.78 is 20.5. The molecule has 2 aromatic rings. The molecule has 0 amide bonds. The number of carboxylic acids is 1. The van der Waals surface area contributed by atoms with Crippen molar-refractivity contribution < 1.29 is 19.0 Å². The van der Waals surface area contributed by atoms with Gasteiger partial charge in [-0.3, -0.25) is 9.69 Å². The third-order valence-corrected chi connectivity index (χ3v) is 6.55. The van der Waals surface area contributed by atoms with Crippen molar-refractivity contribution in [3.63, 3.8) is 0 Å². The van der Waals surface area contributed by atoms with Gasteiger partial charge < -0.3 is 9.84 Å². The fourth-order valence-corrected chi connectivity index (χ4v) is 5.20. The van der Waals surface area contributed by atoms with Gasteiger partial charge in [0, 0.05) is 19.0 Å². The molecule has 2 fully saturated rings. The molecule has 4 atom stereocenters. The fourth-order valence-electron chi connectivity index (χ4n) is 5.20. The highest BCUT2D eigenvalue weighted by molar-refractivity contribution is 5.70. The number of aliphatic carboxylic acids is 1. The molecule has 1 N–H and O–H groups in total. The van der Waals surface area contributed by atoms with Gasteiger partial charge in [-0.05, 0) is 60.2 Å². The van der Waals surface area contributed by atoms with E-state index in [0.29, 0.717) is 13.0 Å². The maximum atomic E-state index is 14.0. The highest BCUT2D eigenvalue weighted by Gasteiger charge is 2.42. The van der Waals surface area contributed by atoms with E-state index in [1.807, 2.05) is 6.07 Å². The van der Waals surface area contributed by atoms with Crippen molar-refractivity contribution in [3.8, 4) is 0 Å². The van der Waals surface area contributed by atoms with Gasteiger partial charge in [0.05, 0.1) is 18.1 Å². The lowest BCUT2D eigenvalue weighted by Crippen LogP contribution is -2.31. The number of hydrogen-bond donors (Lipinski definition) is 1. The molecule has 4 nitrogen and oxygen atoms in total. The molecule has 2 aliphatic heterocycles. The van der Waals surface area contributed by atoms with Crippen molar-refractivity contribution in [3.05, 3.63) is 70.5 Å². The van der Waals surface area contributed by atoms with Crippen LogP contribution in [-0.4, -0.2) is 41.7 Å². The second-order valence-corrected chi connectivity index (χ2v) is 8.32. The number of hydrogen-bond acceptors (Lipinski definition) is 3. The summed E-state index contributed by atoms with van der Waals surface area (Å²) in [5.41, 5.74) is 4.69. The first-order valence-corrected chi connectivity index (χ1v) is 10.0. The monoisotopic (exact) mass is 381 g/mol. The van der Waals surface area contributed by atoms with Gasteiger partial charge in [0.1, 0.15) is 5.82 Å². The summed E-state index contributed by atoms with van der Waals surface area (Å²) in [6.45, 7) is 2.13. The second kappa shape index (κ2) is 6.98. The van der Waals surface area contributed by atoms with Crippen molar-refractivity contribution in [2.24, 2.45) is 5.92 Å². The molecule has 2 heterocycles. The first kappa shape index (κ1) is 17.8. The predicted molar refractivity (Wildman–Crippen MR) is 103 cm³/mol. The van der Waals surface area contributed by atoms with Crippen molar-refractivity contribution in [1.29, 1.82) is 0 Å². The van der Waals surface area contributed by atoms with E-state index in [2.05, 4.69) is 29.2 Å². The molecule has 146 valence electrons. The molecular formula is C23H24FNO3. The van der Waals surface area contributed by atoms with Gasteiger partial charge in [-0.2, -0.15) is 0 Å². The average molecular weight is 381 g/mol. The number of carbonyl (C=O) groups is 1. The van der Waals surface area contributed by atoms with Crippen LogP contribution >= 0.6 is 0 Å². The molecule has 3 aliphatic rings. The maximum Gasteiger partial charge on any atom is 0.307 e. The molecule has 28 heavy (non-hydrogen) atoms. The number of halogens is 1. The summed E-state index contributed by atoms with van der Waals surface area (Å²) in [5.74, 6) is -0.998. The lowest BCUT2D eigenvalue weighted by Gasteiger charge is -2.21. The van der Waals surface area contributed by atoms with Crippen LogP contribution in [-0.2, 0) is 16.0 Å². The van der Waals surface area contributed by atoms with E-state index in [9.17, 15) is 14.3 Å². The Bertz CT molecular complexity index is 914. The Balaban J connectivity index is 1.43. The number of nitrogens with zero attached hydrogens (tertiary/aromatic N) is 1. The molecule has 2 aromatic carbocycles. The molecule has 5 heteroatoms. The van der Waals surface area contributed by atoms with E-state index in [1.165, 1.54) is 17.2 Å². The smallest absolute Gasteiger partial charge is 0.307 e. The third-order valence-electron chi connectivity index (χ3n) is 6.55. The van der Waals surface area contributed by atoms with Gasteiger partial charge in [-0.1, -0.05) is 30.3 Å². The highest BCUT2D eigenvalue weighted by atomic mass is 19.1. The number of likely N-dealkylation sites (tertiary alicyclic amines) is 1. The summed E-state index contributed by atoms with van der Waals surface area (Å²) in [5, 5.41) is 9.24. The largest absolute Gasteiger partial charge is 0.481 e. The lowest BCUT2D eigenvalue weighted by atomic mass is 9.87. The molecule has 5 rings (SSSR count). The Morgan fingerprint density at radius 2 is 2.00 bits per heavy atom. The zero-order chi connectivity index (χ0) is 19.3. The topological polar surface area (TPSA) is 49.8 Å². The van der Waals surface area contributed by atoms with Crippen LogP contribution in [0.5, 0.6) is 0 Å². The van der Waals surface area contributed by atoms with Crippen LogP contribution in [0, 0.1) is 11.7 Å². The third kappa shape index (κ3) is 3.12. The molecule has 1 unspecified atom stereocenters. The molecule has 0 radical (unpaired) electrons. The van der Waals surface area contributed by atoms with Gasteiger partial charge >= 0.3 is 5.97 Å². The summed E-state index contributed by atoms with van der Waals surface area (Å²) in [4.78, 5) is 13.4. The van der Waals surface area contributed by atoms with E-state index in [0.717, 1.165) is 37.1 Å². The van der Waals surface area contributed by atoms with Gasteiger partial charge in [0.25, 0.3) is 0 Å². The number of ether oxygens (including phenoxy) is 1. The van der Waals surface area contributed by atoms with Gasteiger partial charge in [0.2, 0.25) is 0 Å². The summed E-state index contributed by atoms with van der Waals surface area (Å²) in [6, 6.07) is 13.5. The fraction of sp³-hybridized carbons (Fsp3) is 0.435. The lowest BCUT2D eigenvalue weighted by molar-refractivity contribution is -0.141. The number of fused-ring (bicyclic) bond motifs is 5. The van der Waals surface area contributed by atoms with Crippen LogP contribution in [0.4, 0.5) is 4.39 Å². The van der Waals surface area contributed by atoms with Crippen LogP contribution in [0.3, 0.4) is 0 Å². The number of benzene rings is 2. The quantitative estimate of drug-likeness (QED) is 0.880. The van der Waals surface area contributed by atoms with Crippen LogP contribution < -0.4 is 0 Å². The van der Waals surface area contributed by atoms with Crippen molar-refractivity contribution >= 4 is 5.97 Å². The summed E-state index contributed by atoms with van der Waals surface area (Å²) in [6.07, 6.45) is 2.28. The summed E-state index contributed by atoms with van der Waals surface area (Å²) in [7, 11) is 0. The molecule has 0 aromatic heterocycles. The molecule has 0 bridgehead atoms. The van der Waals surface area contributed by atoms with Crippen LogP contribution in [0.15, 0.2) is 42.5 Å². The van der Waals surface area contributed by atoms with E-state index < -0.39 is 5.97 Å². The Morgan fingerprint density at radius 3 is 2.82 bits per heavy atom. The second-order valence-electron chi connectivity index (χ2n) is 8.32. The molecule has 2 saturated heterocycles. The van der Waals surface area contributed by atoms with E-state index in [1.54, 1.807) is 6.07 Å². The minimum atomic E-state index is -0.710. The van der Waals surface area contributed by atoms with E-state index in [-0.39, 0.29) is 29.9 Å². The van der Waals surface area contributed by atoms with Gasteiger partial charge in [0.15, 0.2) is 0 Å². The van der Waals surface area contributed by atoms with Gasteiger partial charge in [-0.15, -0.1) is 0 Å². The van der Waals surface area contributed by atoms with Crippen molar-refractivity contribution in [1.82, 2.24) is 4.90 Å². The first-order valence-electron chi connectivity index (χ1n) is 10.0. The first-order chi connectivity index (χ1) is 13.6. The number of rotatable bonds is 3. The molecule has 0 spiro atoms. The Kier molecular flexibility index (Phi) is 4.44. The standard InChI is InChI=1S/C23H24FNO3/c24-17-6-5-15-9-14-3-1-2-4-19(14)21-11-18(28-22(21)20(15)10-17)13-25-8-7-16(12-25)23(26)27/h1-6,10,16,18,21-22H,7-9,11-13H2,(H,26,27)/t16?,18-,21+,22-/m0/s1. The number of carboxylic acid groups (broad SMARTS) is 1. The van der Waals surface area contributed by atoms with E-state index >= 15 is 0 Å². The maximum absolute atomic E-state index is 14.0. The van der Waals surface area contributed by atoms with Crippen molar-refractivity contribution in [2.75, 3.05) is 19.6 Å². The Hall–Kier alpha value is -2.24. The molecule has 0 saturated carbocycles. The Labute approximate surface area is 163 Å².